The summed E-state index contributed by atoms with van der Waals surface area (Å²) in [5.74, 6) is -0.536. The van der Waals surface area contributed by atoms with Gasteiger partial charge in [0.05, 0.1) is 17.6 Å². The highest BCUT2D eigenvalue weighted by Crippen LogP contribution is 2.41. The Morgan fingerprint density at radius 1 is 1.16 bits per heavy atom. The molecule has 32 heavy (non-hydrogen) atoms. The van der Waals surface area contributed by atoms with Crippen LogP contribution in [0, 0.1) is 19.7 Å². The summed E-state index contributed by atoms with van der Waals surface area (Å²) in [6.07, 6.45) is 3.69. The Bertz CT molecular complexity index is 1400. The summed E-state index contributed by atoms with van der Waals surface area (Å²) in [6, 6.07) is 11.4. The maximum absolute atomic E-state index is 13.4. The SMILES string of the molecule is Cc1ccc(-n2ncc3c(C4CC4)nn(CC(=O)Nc4ccc(F)cc4)c(=O)c32)c(C)c1. The number of hydrogen-bond acceptors (Lipinski definition) is 4. The number of carbonyl (C=O) groups excluding carboxylic acids is 1. The predicted octanol–water partition coefficient (Wildman–Crippen LogP) is 3.85. The van der Waals surface area contributed by atoms with Gasteiger partial charge in [-0.25, -0.2) is 13.8 Å². The van der Waals surface area contributed by atoms with Crippen molar-refractivity contribution in [1.82, 2.24) is 19.6 Å². The zero-order valence-electron chi connectivity index (χ0n) is 17.8. The fourth-order valence-electron chi connectivity index (χ4n) is 3.95. The topological polar surface area (TPSA) is 81.8 Å². The molecule has 0 saturated heterocycles. The molecule has 0 bridgehead atoms. The van der Waals surface area contributed by atoms with Crippen molar-refractivity contribution in [3.63, 3.8) is 0 Å². The number of aromatic nitrogens is 4. The second kappa shape index (κ2) is 7.71. The number of fused-ring (bicyclic) bond motifs is 1. The Kier molecular flexibility index (Phi) is 4.84. The van der Waals surface area contributed by atoms with Crippen LogP contribution in [0.15, 0.2) is 53.5 Å². The third-order valence-electron chi connectivity index (χ3n) is 5.68. The molecule has 0 unspecified atom stereocenters. The van der Waals surface area contributed by atoms with Crippen molar-refractivity contribution < 1.29 is 9.18 Å². The maximum atomic E-state index is 13.4. The van der Waals surface area contributed by atoms with Crippen LogP contribution in [-0.4, -0.2) is 25.5 Å². The summed E-state index contributed by atoms with van der Waals surface area (Å²) in [4.78, 5) is 26.0. The third kappa shape index (κ3) is 3.68. The quantitative estimate of drug-likeness (QED) is 0.520. The van der Waals surface area contributed by atoms with Gasteiger partial charge in [-0.1, -0.05) is 17.7 Å². The van der Waals surface area contributed by atoms with Crippen LogP contribution in [0.1, 0.15) is 35.6 Å². The molecule has 1 aliphatic rings. The van der Waals surface area contributed by atoms with Gasteiger partial charge in [-0.05, 0) is 62.6 Å². The predicted molar refractivity (Wildman–Crippen MR) is 120 cm³/mol. The van der Waals surface area contributed by atoms with E-state index in [-0.39, 0.29) is 23.8 Å². The van der Waals surface area contributed by atoms with Gasteiger partial charge in [0.25, 0.3) is 5.56 Å². The first kappa shape index (κ1) is 20.1. The number of hydrogen-bond donors (Lipinski definition) is 1. The van der Waals surface area contributed by atoms with Gasteiger partial charge in [0.15, 0.2) is 0 Å². The van der Waals surface area contributed by atoms with Crippen molar-refractivity contribution in [1.29, 1.82) is 0 Å². The molecule has 2 aromatic carbocycles. The van der Waals surface area contributed by atoms with Gasteiger partial charge in [0.1, 0.15) is 17.9 Å². The molecule has 7 nitrogen and oxygen atoms in total. The van der Waals surface area contributed by atoms with E-state index < -0.39 is 5.91 Å². The zero-order valence-corrected chi connectivity index (χ0v) is 17.8. The molecule has 1 aliphatic carbocycles. The van der Waals surface area contributed by atoms with Crippen molar-refractivity contribution in [3.05, 3.63) is 81.7 Å². The number of aryl methyl sites for hydroxylation is 2. The monoisotopic (exact) mass is 431 g/mol. The van der Waals surface area contributed by atoms with E-state index in [1.807, 2.05) is 32.0 Å². The Hall–Kier alpha value is -3.81. The van der Waals surface area contributed by atoms with Crippen molar-refractivity contribution in [2.75, 3.05) is 5.32 Å². The van der Waals surface area contributed by atoms with Crippen LogP contribution in [-0.2, 0) is 11.3 Å². The zero-order chi connectivity index (χ0) is 22.4. The number of carbonyl (C=O) groups is 1. The number of amides is 1. The lowest BCUT2D eigenvalue weighted by molar-refractivity contribution is -0.117. The van der Waals surface area contributed by atoms with E-state index in [0.717, 1.165) is 40.7 Å². The standard InChI is InChI=1S/C24H22FN5O2/c1-14-3-10-20(15(2)11-14)30-23-19(12-26-30)22(16-4-5-16)28-29(24(23)32)13-21(31)27-18-8-6-17(25)7-9-18/h3,6-12,16H,4-5,13H2,1-2H3,(H,27,31). The van der Waals surface area contributed by atoms with Crippen LogP contribution < -0.4 is 10.9 Å². The number of halogens is 1. The number of nitrogens with one attached hydrogen (secondary N) is 1. The molecule has 162 valence electrons. The molecule has 2 heterocycles. The van der Waals surface area contributed by atoms with Gasteiger partial charge < -0.3 is 5.32 Å². The fraction of sp³-hybridized carbons (Fsp3) is 0.250. The van der Waals surface area contributed by atoms with Crippen LogP contribution >= 0.6 is 0 Å². The second-order valence-electron chi connectivity index (χ2n) is 8.29. The first-order valence-electron chi connectivity index (χ1n) is 10.5. The highest BCUT2D eigenvalue weighted by molar-refractivity contribution is 5.90. The normalized spacial score (nSPS) is 13.5. The minimum Gasteiger partial charge on any atom is -0.324 e. The van der Waals surface area contributed by atoms with Gasteiger partial charge in [0, 0.05) is 17.0 Å². The van der Waals surface area contributed by atoms with Gasteiger partial charge in [-0.2, -0.15) is 10.2 Å². The molecular formula is C24H22FN5O2. The molecular weight excluding hydrogens is 409 g/mol. The Morgan fingerprint density at radius 2 is 1.91 bits per heavy atom. The van der Waals surface area contributed by atoms with Crippen molar-refractivity contribution in [2.45, 2.75) is 39.2 Å². The summed E-state index contributed by atoms with van der Waals surface area (Å²) < 4.78 is 16.0. The molecule has 8 heteroatoms. The van der Waals surface area contributed by atoms with Gasteiger partial charge >= 0.3 is 0 Å². The minimum absolute atomic E-state index is 0.246. The molecule has 0 radical (unpaired) electrons. The molecule has 2 aromatic heterocycles. The Labute approximate surface area is 183 Å². The largest absolute Gasteiger partial charge is 0.324 e. The van der Waals surface area contributed by atoms with E-state index in [4.69, 9.17) is 0 Å². The maximum Gasteiger partial charge on any atom is 0.293 e. The Balaban J connectivity index is 1.57. The molecule has 1 amide bonds. The van der Waals surface area contributed by atoms with Gasteiger partial charge in [0.2, 0.25) is 5.91 Å². The summed E-state index contributed by atoms with van der Waals surface area (Å²) in [5, 5.41) is 12.5. The van der Waals surface area contributed by atoms with E-state index in [2.05, 4.69) is 15.5 Å². The molecule has 0 spiro atoms. The summed E-state index contributed by atoms with van der Waals surface area (Å²) >= 11 is 0. The third-order valence-corrected chi connectivity index (χ3v) is 5.68. The highest BCUT2D eigenvalue weighted by Gasteiger charge is 2.30. The average Bonchev–Trinajstić information content (AvgIpc) is 3.50. The van der Waals surface area contributed by atoms with E-state index in [9.17, 15) is 14.0 Å². The highest BCUT2D eigenvalue weighted by atomic mass is 19.1. The molecule has 0 atom stereocenters. The van der Waals surface area contributed by atoms with Crippen LogP contribution in [0.2, 0.25) is 0 Å². The minimum atomic E-state index is -0.412. The smallest absolute Gasteiger partial charge is 0.293 e. The Morgan fingerprint density at radius 3 is 2.59 bits per heavy atom. The van der Waals surface area contributed by atoms with Crippen LogP contribution in [0.25, 0.3) is 16.6 Å². The lowest BCUT2D eigenvalue weighted by Gasteiger charge is -2.12. The van der Waals surface area contributed by atoms with E-state index in [1.165, 1.54) is 28.9 Å². The molecule has 1 fully saturated rings. The number of rotatable bonds is 5. The summed E-state index contributed by atoms with van der Waals surface area (Å²) in [6.45, 7) is 3.75. The van der Waals surface area contributed by atoms with E-state index >= 15 is 0 Å². The molecule has 0 aliphatic heterocycles. The molecule has 4 aromatic rings. The number of nitrogens with zero attached hydrogens (tertiary/aromatic N) is 4. The van der Waals surface area contributed by atoms with Crippen LogP contribution in [0.5, 0.6) is 0 Å². The first-order valence-corrected chi connectivity index (χ1v) is 10.5. The van der Waals surface area contributed by atoms with Crippen molar-refractivity contribution >= 4 is 22.5 Å². The van der Waals surface area contributed by atoms with Crippen molar-refractivity contribution in [3.8, 4) is 5.69 Å². The van der Waals surface area contributed by atoms with Crippen LogP contribution in [0.4, 0.5) is 10.1 Å². The molecule has 5 rings (SSSR count). The van der Waals surface area contributed by atoms with Gasteiger partial charge in [-0.15, -0.1) is 0 Å². The van der Waals surface area contributed by atoms with Crippen molar-refractivity contribution in [2.24, 2.45) is 0 Å². The summed E-state index contributed by atoms with van der Waals surface area (Å²) in [5.41, 5.74) is 4.23. The van der Waals surface area contributed by atoms with Crippen LogP contribution in [0.3, 0.4) is 0 Å². The lowest BCUT2D eigenvalue weighted by Crippen LogP contribution is -2.31. The average molecular weight is 431 g/mol. The molecule has 1 saturated carbocycles. The number of anilines is 1. The second-order valence-corrected chi connectivity index (χ2v) is 8.29. The van der Waals surface area contributed by atoms with E-state index in [0.29, 0.717) is 11.2 Å². The summed E-state index contributed by atoms with van der Waals surface area (Å²) in [7, 11) is 0. The number of benzene rings is 2. The van der Waals surface area contributed by atoms with Gasteiger partial charge in [-0.3, -0.25) is 9.59 Å². The molecule has 1 N–H and O–H groups in total. The first-order chi connectivity index (χ1) is 15.4. The lowest BCUT2D eigenvalue weighted by atomic mass is 10.1. The fourth-order valence-corrected chi connectivity index (χ4v) is 3.95. The van der Waals surface area contributed by atoms with E-state index in [1.54, 1.807) is 10.9 Å².